The van der Waals surface area contributed by atoms with Crippen molar-refractivity contribution in [3.8, 4) is 0 Å². The van der Waals surface area contributed by atoms with E-state index < -0.39 is 12.4 Å². The van der Waals surface area contributed by atoms with Crippen LogP contribution in [0.5, 0.6) is 0 Å². The summed E-state index contributed by atoms with van der Waals surface area (Å²) < 4.78 is 16.3. The minimum Gasteiger partial charge on any atom is -0.431 e. The van der Waals surface area contributed by atoms with E-state index in [1.54, 1.807) is 0 Å². The SMILES string of the molecule is CC1C2O[C@@H]3OC(=O)[C@@H](O[C@H]13)[C@@H]2C. The minimum absolute atomic E-state index is 0.0381. The molecule has 3 fully saturated rings. The second kappa shape index (κ2) is 2.25. The molecule has 2 unspecified atom stereocenters. The van der Waals surface area contributed by atoms with Crippen molar-refractivity contribution in [3.05, 3.63) is 0 Å². The molecule has 0 saturated carbocycles. The lowest BCUT2D eigenvalue weighted by atomic mass is 9.84. The average Bonchev–Trinajstić information content (AvgIpc) is 2.25. The Morgan fingerprint density at radius 1 is 1.08 bits per heavy atom. The first kappa shape index (κ1) is 7.76. The summed E-state index contributed by atoms with van der Waals surface area (Å²) in [5.41, 5.74) is 0. The maximum absolute atomic E-state index is 11.3. The Labute approximate surface area is 76.1 Å². The molecule has 3 rings (SSSR count). The number of hydrogen-bond acceptors (Lipinski definition) is 4. The van der Waals surface area contributed by atoms with Gasteiger partial charge in [0.25, 0.3) is 0 Å². The van der Waals surface area contributed by atoms with Crippen LogP contribution in [0.3, 0.4) is 0 Å². The fraction of sp³-hybridized carbons (Fsp3) is 0.889. The van der Waals surface area contributed by atoms with E-state index in [9.17, 15) is 4.79 Å². The second-order valence-corrected chi connectivity index (χ2v) is 4.15. The molecule has 0 aromatic rings. The zero-order valence-corrected chi connectivity index (χ0v) is 7.60. The van der Waals surface area contributed by atoms with Gasteiger partial charge in [-0.3, -0.25) is 0 Å². The van der Waals surface area contributed by atoms with Crippen molar-refractivity contribution in [1.29, 1.82) is 0 Å². The smallest absolute Gasteiger partial charge is 0.338 e. The molecule has 0 amide bonds. The van der Waals surface area contributed by atoms with Gasteiger partial charge in [0.2, 0.25) is 6.29 Å². The molecule has 72 valence electrons. The van der Waals surface area contributed by atoms with Crippen molar-refractivity contribution in [2.24, 2.45) is 11.8 Å². The minimum atomic E-state index is -0.450. The molecule has 0 spiro atoms. The molecule has 0 N–H and O–H groups in total. The van der Waals surface area contributed by atoms with E-state index in [1.165, 1.54) is 0 Å². The molecule has 3 aliphatic heterocycles. The van der Waals surface area contributed by atoms with E-state index >= 15 is 0 Å². The molecule has 3 saturated heterocycles. The predicted octanol–water partition coefficient (Wildman–Crippen LogP) is 0.308. The topological polar surface area (TPSA) is 44.8 Å². The normalized spacial score (nSPS) is 58.2. The summed E-state index contributed by atoms with van der Waals surface area (Å²) in [5, 5.41) is 0. The molecule has 0 radical (unpaired) electrons. The molecule has 0 aromatic heterocycles. The molecule has 0 aliphatic carbocycles. The van der Waals surface area contributed by atoms with Gasteiger partial charge in [0.05, 0.1) is 6.10 Å². The van der Waals surface area contributed by atoms with E-state index in [4.69, 9.17) is 14.2 Å². The van der Waals surface area contributed by atoms with Gasteiger partial charge in [-0.05, 0) is 0 Å². The monoisotopic (exact) mass is 184 g/mol. The van der Waals surface area contributed by atoms with Crippen LogP contribution >= 0.6 is 0 Å². The van der Waals surface area contributed by atoms with E-state index in [0.717, 1.165) is 0 Å². The van der Waals surface area contributed by atoms with Crippen molar-refractivity contribution in [2.75, 3.05) is 0 Å². The Kier molecular flexibility index (Phi) is 1.34. The number of rotatable bonds is 0. The first-order valence-corrected chi connectivity index (χ1v) is 4.70. The van der Waals surface area contributed by atoms with Crippen LogP contribution in [0.2, 0.25) is 0 Å². The number of esters is 1. The predicted molar refractivity (Wildman–Crippen MR) is 41.7 cm³/mol. The van der Waals surface area contributed by atoms with Gasteiger partial charge in [-0.25, -0.2) is 4.79 Å². The third kappa shape index (κ3) is 0.802. The Bertz CT molecular complexity index is 264. The molecule has 6 atom stereocenters. The van der Waals surface area contributed by atoms with Crippen LogP contribution in [0.1, 0.15) is 13.8 Å². The third-order valence-corrected chi connectivity index (χ3v) is 3.36. The van der Waals surface area contributed by atoms with Crippen LogP contribution in [-0.4, -0.2) is 30.6 Å². The third-order valence-electron chi connectivity index (χ3n) is 3.36. The largest absolute Gasteiger partial charge is 0.431 e. The molecule has 4 heteroatoms. The zero-order valence-electron chi connectivity index (χ0n) is 7.60. The number of hydrogen-bond donors (Lipinski definition) is 0. The number of carbonyl (C=O) groups is 1. The number of ether oxygens (including phenoxy) is 3. The van der Waals surface area contributed by atoms with Crippen molar-refractivity contribution < 1.29 is 19.0 Å². The molecule has 13 heavy (non-hydrogen) atoms. The van der Waals surface area contributed by atoms with E-state index in [0.29, 0.717) is 5.92 Å². The van der Waals surface area contributed by atoms with Crippen molar-refractivity contribution in [1.82, 2.24) is 0 Å². The van der Waals surface area contributed by atoms with Gasteiger partial charge in [-0.15, -0.1) is 0 Å². The van der Waals surface area contributed by atoms with Crippen molar-refractivity contribution >= 4 is 5.97 Å². The molecule has 4 nitrogen and oxygen atoms in total. The molecule has 3 aliphatic rings. The van der Waals surface area contributed by atoms with Gasteiger partial charge in [0, 0.05) is 11.8 Å². The van der Waals surface area contributed by atoms with Gasteiger partial charge in [-0.2, -0.15) is 0 Å². The van der Waals surface area contributed by atoms with E-state index in [1.807, 2.05) is 6.92 Å². The van der Waals surface area contributed by atoms with Gasteiger partial charge >= 0.3 is 5.97 Å². The fourth-order valence-electron chi connectivity index (χ4n) is 2.59. The van der Waals surface area contributed by atoms with E-state index in [2.05, 4.69) is 6.92 Å². The maximum atomic E-state index is 11.3. The molecule has 0 aromatic carbocycles. The quantitative estimate of drug-likeness (QED) is 0.508. The highest BCUT2D eigenvalue weighted by Gasteiger charge is 2.59. The summed E-state index contributed by atoms with van der Waals surface area (Å²) in [6.45, 7) is 4.07. The Morgan fingerprint density at radius 3 is 2.62 bits per heavy atom. The summed E-state index contributed by atoms with van der Waals surface area (Å²) in [5.74, 6) is 0.193. The highest BCUT2D eigenvalue weighted by molar-refractivity contribution is 5.76. The highest BCUT2D eigenvalue weighted by atomic mass is 16.8. The Hall–Kier alpha value is -0.610. The van der Waals surface area contributed by atoms with Gasteiger partial charge in [0.1, 0.15) is 6.10 Å². The lowest BCUT2D eigenvalue weighted by Crippen LogP contribution is -2.53. The molecule has 3 bridgehead atoms. The van der Waals surface area contributed by atoms with Gasteiger partial charge < -0.3 is 14.2 Å². The first-order valence-electron chi connectivity index (χ1n) is 4.70. The van der Waals surface area contributed by atoms with Crippen molar-refractivity contribution in [3.63, 3.8) is 0 Å². The Balaban J connectivity index is 2.02. The van der Waals surface area contributed by atoms with Crippen molar-refractivity contribution in [2.45, 2.75) is 38.4 Å². The Morgan fingerprint density at radius 2 is 1.85 bits per heavy atom. The van der Waals surface area contributed by atoms with E-state index in [-0.39, 0.29) is 24.1 Å². The number of fused-ring (bicyclic) bond motifs is 2. The molecule has 3 heterocycles. The molecular formula is C9H12O4. The van der Waals surface area contributed by atoms with Gasteiger partial charge in [-0.1, -0.05) is 13.8 Å². The summed E-state index contributed by atoms with van der Waals surface area (Å²) in [4.78, 5) is 11.3. The highest BCUT2D eigenvalue weighted by Crippen LogP contribution is 2.44. The van der Waals surface area contributed by atoms with Crippen LogP contribution < -0.4 is 0 Å². The number of carbonyl (C=O) groups excluding carboxylic acids is 1. The fourth-order valence-corrected chi connectivity index (χ4v) is 2.59. The summed E-state index contributed by atoms with van der Waals surface area (Å²) >= 11 is 0. The van der Waals surface area contributed by atoms with Gasteiger partial charge in [0.15, 0.2) is 6.10 Å². The summed E-state index contributed by atoms with van der Waals surface area (Å²) in [6, 6.07) is 0. The van der Waals surface area contributed by atoms with Crippen LogP contribution in [0.25, 0.3) is 0 Å². The first-order chi connectivity index (χ1) is 6.18. The van der Waals surface area contributed by atoms with Crippen LogP contribution in [-0.2, 0) is 19.0 Å². The van der Waals surface area contributed by atoms with Crippen LogP contribution in [0.15, 0.2) is 0 Å². The summed E-state index contributed by atoms with van der Waals surface area (Å²) in [6.07, 6.45) is -0.761. The zero-order chi connectivity index (χ0) is 9.16. The molecular weight excluding hydrogens is 172 g/mol. The second-order valence-electron chi connectivity index (χ2n) is 4.15. The maximum Gasteiger partial charge on any atom is 0.338 e. The average molecular weight is 184 g/mol. The standard InChI is InChI=1S/C9H12O4/c1-3-5-4(2)7-9(12-5)13-8(10)6(3)11-7/h3-7,9H,1-2H3/t3-,4?,5?,6+,7-,9-/m1/s1. The lowest BCUT2D eigenvalue weighted by molar-refractivity contribution is -0.225. The lowest BCUT2D eigenvalue weighted by Gasteiger charge is -2.38. The van der Waals surface area contributed by atoms with Crippen LogP contribution in [0, 0.1) is 11.8 Å². The summed E-state index contributed by atoms with van der Waals surface area (Å²) in [7, 11) is 0. The van der Waals surface area contributed by atoms with Crippen LogP contribution in [0.4, 0.5) is 0 Å².